The molecule has 2 amide bonds. The van der Waals surface area contributed by atoms with Gasteiger partial charge in [-0.15, -0.1) is 11.8 Å². The molecular formula is C24H22N4O3S. The number of hydrogen-bond donors (Lipinski definition) is 2. The van der Waals surface area contributed by atoms with Crippen LogP contribution < -0.4 is 20.9 Å². The Labute approximate surface area is 189 Å². The largest absolute Gasteiger partial charge is 0.485 e. The van der Waals surface area contributed by atoms with E-state index < -0.39 is 0 Å². The summed E-state index contributed by atoms with van der Waals surface area (Å²) in [6, 6.07) is 19.5. The van der Waals surface area contributed by atoms with Crippen molar-refractivity contribution >= 4 is 34.8 Å². The van der Waals surface area contributed by atoms with Crippen molar-refractivity contribution in [2.45, 2.75) is 18.4 Å². The third-order valence-corrected chi connectivity index (χ3v) is 5.44. The molecule has 0 bridgehead atoms. The molecule has 162 valence electrons. The molecular weight excluding hydrogens is 424 g/mol. The first-order valence-corrected chi connectivity index (χ1v) is 11.2. The normalized spacial score (nSPS) is 10.7. The first-order valence-electron chi connectivity index (χ1n) is 9.95. The first-order chi connectivity index (χ1) is 15.5. The molecule has 4 rings (SSSR count). The molecule has 0 aliphatic rings. The van der Waals surface area contributed by atoms with Gasteiger partial charge in [-0.1, -0.05) is 18.2 Å². The van der Waals surface area contributed by atoms with Gasteiger partial charge in [-0.25, -0.2) is 9.78 Å². The third-order valence-electron chi connectivity index (χ3n) is 4.71. The molecule has 0 fully saturated rings. The molecule has 0 atom stereocenters. The number of urea groups is 1. The van der Waals surface area contributed by atoms with Crippen molar-refractivity contribution in [1.29, 1.82) is 0 Å². The highest BCUT2D eigenvalue weighted by Crippen LogP contribution is 2.25. The fourth-order valence-electron chi connectivity index (χ4n) is 3.16. The van der Waals surface area contributed by atoms with Gasteiger partial charge in [0.1, 0.15) is 18.0 Å². The van der Waals surface area contributed by atoms with Gasteiger partial charge in [-0.05, 0) is 61.2 Å². The Morgan fingerprint density at radius 1 is 1.06 bits per heavy atom. The number of rotatable bonds is 6. The van der Waals surface area contributed by atoms with Gasteiger partial charge in [-0.3, -0.25) is 9.20 Å². The molecule has 4 aromatic rings. The van der Waals surface area contributed by atoms with Crippen molar-refractivity contribution in [3.63, 3.8) is 0 Å². The number of nitrogens with one attached hydrogen (secondary N) is 2. The van der Waals surface area contributed by atoms with Crippen LogP contribution in [0.5, 0.6) is 5.75 Å². The third kappa shape index (κ3) is 5.09. The van der Waals surface area contributed by atoms with E-state index >= 15 is 0 Å². The first kappa shape index (κ1) is 21.5. The van der Waals surface area contributed by atoms with Gasteiger partial charge in [0.05, 0.1) is 11.4 Å². The van der Waals surface area contributed by atoms with Gasteiger partial charge in [0.25, 0.3) is 5.56 Å². The molecule has 0 aliphatic heterocycles. The lowest BCUT2D eigenvalue weighted by Gasteiger charge is -2.13. The highest BCUT2D eigenvalue weighted by Gasteiger charge is 2.10. The number of ether oxygens (including phenoxy) is 1. The SMILES string of the molecule is CSc1cccc(NC(=O)Nc2ccccc2OCc2cc(=O)n3ccc(C)cc3n2)c1. The summed E-state index contributed by atoms with van der Waals surface area (Å²) in [5.41, 5.74) is 3.12. The maximum absolute atomic E-state index is 12.5. The van der Waals surface area contributed by atoms with E-state index in [1.165, 1.54) is 10.5 Å². The van der Waals surface area contributed by atoms with E-state index in [-0.39, 0.29) is 18.2 Å². The summed E-state index contributed by atoms with van der Waals surface area (Å²) in [5.74, 6) is 0.478. The number of amides is 2. The summed E-state index contributed by atoms with van der Waals surface area (Å²) in [6.07, 6.45) is 3.68. The second-order valence-electron chi connectivity index (χ2n) is 7.11. The second kappa shape index (κ2) is 9.57. The minimum Gasteiger partial charge on any atom is -0.485 e. The van der Waals surface area contributed by atoms with Crippen LogP contribution in [0, 0.1) is 6.92 Å². The van der Waals surface area contributed by atoms with Crippen LogP contribution in [-0.4, -0.2) is 21.7 Å². The van der Waals surface area contributed by atoms with Gasteiger partial charge in [-0.2, -0.15) is 0 Å². The highest BCUT2D eigenvalue weighted by atomic mass is 32.2. The van der Waals surface area contributed by atoms with Crippen molar-refractivity contribution < 1.29 is 9.53 Å². The molecule has 2 N–H and O–H groups in total. The quantitative estimate of drug-likeness (QED) is 0.410. The fourth-order valence-corrected chi connectivity index (χ4v) is 3.62. The molecule has 0 radical (unpaired) electrons. The molecule has 2 aromatic carbocycles. The maximum atomic E-state index is 12.5. The van der Waals surface area contributed by atoms with E-state index in [9.17, 15) is 9.59 Å². The Balaban J connectivity index is 1.47. The number of aryl methyl sites for hydroxylation is 1. The number of benzene rings is 2. The van der Waals surface area contributed by atoms with E-state index in [1.807, 2.05) is 55.6 Å². The fraction of sp³-hybridized carbons (Fsp3) is 0.125. The summed E-state index contributed by atoms with van der Waals surface area (Å²) < 4.78 is 7.38. The second-order valence-corrected chi connectivity index (χ2v) is 7.99. The number of pyridine rings is 1. The van der Waals surface area contributed by atoms with E-state index in [2.05, 4.69) is 15.6 Å². The van der Waals surface area contributed by atoms with E-state index in [0.29, 0.717) is 28.5 Å². The standard InChI is InChI=1S/C24H22N4O3S/c1-16-10-11-28-22(12-16)25-18(14-23(28)29)15-31-21-9-4-3-8-20(21)27-24(30)26-17-6-5-7-19(13-17)32-2/h3-14H,15H2,1-2H3,(H2,26,27,30). The highest BCUT2D eigenvalue weighted by molar-refractivity contribution is 7.98. The van der Waals surface area contributed by atoms with Crippen LogP contribution in [0.2, 0.25) is 0 Å². The number of anilines is 2. The van der Waals surface area contributed by atoms with Crippen LogP contribution in [0.15, 0.2) is 82.6 Å². The summed E-state index contributed by atoms with van der Waals surface area (Å²) >= 11 is 1.60. The lowest BCUT2D eigenvalue weighted by atomic mass is 10.3. The zero-order valence-electron chi connectivity index (χ0n) is 17.7. The van der Waals surface area contributed by atoms with Crippen LogP contribution in [0.3, 0.4) is 0 Å². The molecule has 32 heavy (non-hydrogen) atoms. The smallest absolute Gasteiger partial charge is 0.323 e. The average Bonchev–Trinajstić information content (AvgIpc) is 2.78. The Hall–Kier alpha value is -3.78. The minimum absolute atomic E-state index is 0.0930. The topological polar surface area (TPSA) is 84.7 Å². The van der Waals surface area contributed by atoms with Crippen molar-refractivity contribution in [2.75, 3.05) is 16.9 Å². The number of carbonyl (C=O) groups excluding carboxylic acids is 1. The van der Waals surface area contributed by atoms with Crippen molar-refractivity contribution in [1.82, 2.24) is 9.38 Å². The minimum atomic E-state index is -0.378. The molecule has 8 heteroatoms. The van der Waals surface area contributed by atoms with E-state index in [1.54, 1.807) is 36.2 Å². The van der Waals surface area contributed by atoms with Gasteiger partial charge < -0.3 is 15.4 Å². The van der Waals surface area contributed by atoms with Crippen molar-refractivity contribution in [2.24, 2.45) is 0 Å². The Bertz CT molecular complexity index is 1340. The monoisotopic (exact) mass is 446 g/mol. The zero-order chi connectivity index (χ0) is 22.5. The van der Waals surface area contributed by atoms with Gasteiger partial charge in [0.2, 0.25) is 0 Å². The van der Waals surface area contributed by atoms with Crippen LogP contribution in [-0.2, 0) is 6.61 Å². The number of aromatic nitrogens is 2. The molecule has 0 aliphatic carbocycles. The Morgan fingerprint density at radius 2 is 1.91 bits per heavy atom. The summed E-state index contributed by atoms with van der Waals surface area (Å²) in [7, 11) is 0. The van der Waals surface area contributed by atoms with Crippen molar-refractivity contribution in [3.8, 4) is 5.75 Å². The van der Waals surface area contributed by atoms with E-state index in [4.69, 9.17) is 4.74 Å². The molecule has 2 aromatic heterocycles. The molecule has 2 heterocycles. The number of nitrogens with zero attached hydrogens (tertiary/aromatic N) is 2. The zero-order valence-corrected chi connectivity index (χ0v) is 18.5. The predicted octanol–water partition coefficient (Wildman–Crippen LogP) is 4.95. The lowest BCUT2D eigenvalue weighted by Crippen LogP contribution is -2.20. The van der Waals surface area contributed by atoms with Crippen LogP contribution in [0.4, 0.5) is 16.2 Å². The molecule has 0 unspecified atom stereocenters. The summed E-state index contributed by atoms with van der Waals surface area (Å²) in [6.45, 7) is 2.04. The maximum Gasteiger partial charge on any atom is 0.323 e. The average molecular weight is 447 g/mol. The molecule has 0 saturated heterocycles. The Morgan fingerprint density at radius 3 is 2.75 bits per heavy atom. The predicted molar refractivity (Wildman–Crippen MR) is 128 cm³/mol. The van der Waals surface area contributed by atoms with Gasteiger partial charge >= 0.3 is 6.03 Å². The summed E-state index contributed by atoms with van der Waals surface area (Å²) in [5, 5.41) is 5.64. The van der Waals surface area contributed by atoms with Crippen LogP contribution >= 0.6 is 11.8 Å². The van der Waals surface area contributed by atoms with Crippen LogP contribution in [0.1, 0.15) is 11.3 Å². The van der Waals surface area contributed by atoms with Gasteiger partial charge in [0.15, 0.2) is 0 Å². The van der Waals surface area contributed by atoms with Crippen molar-refractivity contribution in [3.05, 3.63) is 94.5 Å². The van der Waals surface area contributed by atoms with Crippen LogP contribution in [0.25, 0.3) is 5.65 Å². The molecule has 0 spiro atoms. The van der Waals surface area contributed by atoms with Gasteiger partial charge in [0, 0.05) is 22.8 Å². The number of thioether (sulfide) groups is 1. The number of carbonyl (C=O) groups is 1. The number of fused-ring (bicyclic) bond motifs is 1. The number of hydrogen-bond acceptors (Lipinski definition) is 5. The lowest BCUT2D eigenvalue weighted by molar-refractivity contribution is 0.261. The number of para-hydroxylation sites is 2. The Kier molecular flexibility index (Phi) is 6.42. The van der Waals surface area contributed by atoms with E-state index in [0.717, 1.165) is 10.5 Å². The molecule has 0 saturated carbocycles. The molecule has 7 nitrogen and oxygen atoms in total. The summed E-state index contributed by atoms with van der Waals surface area (Å²) in [4.78, 5) is 30.4.